The Labute approximate surface area is 151 Å². The van der Waals surface area contributed by atoms with Crippen LogP contribution in [0.15, 0.2) is 0 Å². The predicted octanol–water partition coefficient (Wildman–Crippen LogP) is 6.40. The number of hydrogen-bond acceptors (Lipinski definition) is 0. The van der Waals surface area contributed by atoms with Gasteiger partial charge in [0, 0.05) is 0 Å². The molecule has 0 N–H and O–H groups in total. The van der Waals surface area contributed by atoms with Crippen molar-refractivity contribution >= 4 is 22.3 Å². The lowest BCUT2D eigenvalue weighted by Crippen LogP contribution is -2.30. The van der Waals surface area contributed by atoms with E-state index in [1.165, 1.54) is 45.8 Å². The molecule has 0 fully saturated rings. The minimum absolute atomic E-state index is 0.233. The van der Waals surface area contributed by atoms with E-state index in [-0.39, 0.29) is 7.92 Å². The average Bonchev–Trinajstić information content (AvgIpc) is 2.21. The fourth-order valence-electron chi connectivity index (χ4n) is 4.85. The minimum atomic E-state index is 0.233. The average molecular weight is 338 g/mol. The van der Waals surface area contributed by atoms with Crippen LogP contribution in [0.5, 0.6) is 0 Å². The van der Waals surface area contributed by atoms with Crippen LogP contribution in [0.2, 0.25) is 11.6 Å². The van der Waals surface area contributed by atoms with Crippen molar-refractivity contribution in [1.82, 2.24) is 0 Å². The molecule has 0 spiro atoms. The first-order valence-corrected chi connectivity index (χ1v) is 11.9. The molecule has 0 aromatic rings. The van der Waals surface area contributed by atoms with Gasteiger partial charge < -0.3 is 0 Å². The summed E-state index contributed by atoms with van der Waals surface area (Å²) in [5, 5.41) is 0.476. The van der Waals surface area contributed by atoms with Crippen LogP contribution < -0.4 is 0 Å². The molecule has 0 aliphatic carbocycles. The van der Waals surface area contributed by atoms with Gasteiger partial charge in [-0.3, -0.25) is 0 Å². The summed E-state index contributed by atoms with van der Waals surface area (Å²) in [7, 11) is 2.97. The highest BCUT2D eigenvalue weighted by atomic mass is 31.1. The lowest BCUT2D eigenvalue weighted by Gasteiger charge is -2.37. The van der Waals surface area contributed by atoms with Crippen LogP contribution in [0.1, 0.15) is 82.1 Å². The summed E-state index contributed by atoms with van der Waals surface area (Å²) in [6, 6.07) is 0. The molecule has 0 aliphatic heterocycles. The highest BCUT2D eigenvalue weighted by Gasteiger charge is 2.31. The van der Waals surface area contributed by atoms with E-state index in [2.05, 4.69) is 75.9 Å². The van der Waals surface area contributed by atoms with Crippen LogP contribution in [0.4, 0.5) is 0 Å². The summed E-state index contributed by atoms with van der Waals surface area (Å²) >= 11 is 0. The van der Waals surface area contributed by atoms with Gasteiger partial charge in [0.05, 0.1) is 14.3 Å². The molecule has 0 saturated carbocycles. The van der Waals surface area contributed by atoms with Gasteiger partial charge in [0.2, 0.25) is 0 Å². The fourth-order valence-corrected chi connectivity index (χ4v) is 6.65. The molecule has 1 atom stereocenters. The van der Waals surface area contributed by atoms with Crippen LogP contribution in [0.3, 0.4) is 0 Å². The van der Waals surface area contributed by atoms with Crippen molar-refractivity contribution in [1.29, 1.82) is 0 Å². The van der Waals surface area contributed by atoms with Gasteiger partial charge in [0.15, 0.2) is 0 Å². The van der Waals surface area contributed by atoms with Gasteiger partial charge >= 0.3 is 0 Å². The Morgan fingerprint density at radius 1 is 0.783 bits per heavy atom. The van der Waals surface area contributed by atoms with Gasteiger partial charge in [0.25, 0.3) is 0 Å². The van der Waals surface area contributed by atoms with Crippen molar-refractivity contribution in [3.63, 3.8) is 0 Å². The second-order valence-corrected chi connectivity index (χ2v) is 14.3. The minimum Gasteiger partial charge on any atom is -0.110 e. The van der Waals surface area contributed by atoms with Gasteiger partial charge in [-0.15, -0.1) is 7.92 Å². The summed E-state index contributed by atoms with van der Waals surface area (Å²) in [5.74, 6) is 0. The van der Waals surface area contributed by atoms with Crippen LogP contribution >= 0.6 is 7.92 Å². The molecule has 23 heavy (non-hydrogen) atoms. The Balaban J connectivity index is 4.42. The van der Waals surface area contributed by atoms with Crippen molar-refractivity contribution in [3.8, 4) is 0 Å². The Bertz CT molecular complexity index is 340. The van der Waals surface area contributed by atoms with E-state index in [9.17, 15) is 0 Å². The summed E-state index contributed by atoms with van der Waals surface area (Å²) in [6.07, 6.45) is 6.87. The van der Waals surface area contributed by atoms with E-state index >= 15 is 0 Å². The number of hydrogen-bond donors (Lipinski definition) is 0. The Hall–Kier alpha value is 0.560. The molecule has 0 aromatic heterocycles. The SMILES string of the molecule is CCP(C)CC(C)(C)CC(C)(C)CBBC(C)(C)CC(C)(C)C. The zero-order valence-corrected chi connectivity index (χ0v) is 19.3. The third-order valence-corrected chi connectivity index (χ3v) is 7.39. The lowest BCUT2D eigenvalue weighted by molar-refractivity contribution is 0.237. The summed E-state index contributed by atoms with van der Waals surface area (Å²) in [5.41, 5.74) is 1.42. The van der Waals surface area contributed by atoms with E-state index in [0.29, 0.717) is 21.6 Å². The third kappa shape index (κ3) is 12.6. The van der Waals surface area contributed by atoms with Gasteiger partial charge in [0.1, 0.15) is 0 Å². The van der Waals surface area contributed by atoms with Gasteiger partial charge in [-0.2, -0.15) is 0 Å². The molecule has 136 valence electrons. The highest BCUT2D eigenvalue weighted by Crippen LogP contribution is 2.45. The second-order valence-electron chi connectivity index (χ2n) is 11.6. The maximum Gasteiger partial charge on any atom is 0.0938 e. The summed E-state index contributed by atoms with van der Waals surface area (Å²) in [6.45, 7) is 26.8. The van der Waals surface area contributed by atoms with Crippen molar-refractivity contribution in [2.45, 2.75) is 93.7 Å². The Kier molecular flexibility index (Phi) is 8.99. The van der Waals surface area contributed by atoms with E-state index in [1.807, 2.05) is 0 Å². The quantitative estimate of drug-likeness (QED) is 0.319. The molecule has 0 rings (SSSR count). The maximum absolute atomic E-state index is 2.50. The Morgan fingerprint density at radius 2 is 1.30 bits per heavy atom. The molecule has 0 aromatic carbocycles. The van der Waals surface area contributed by atoms with Crippen molar-refractivity contribution < 1.29 is 0 Å². The molecule has 0 bridgehead atoms. The lowest BCUT2D eigenvalue weighted by atomic mass is 9.25. The highest BCUT2D eigenvalue weighted by molar-refractivity contribution is 7.56. The molecule has 0 radical (unpaired) electrons. The largest absolute Gasteiger partial charge is 0.110 e. The molecule has 0 aliphatic rings. The van der Waals surface area contributed by atoms with Crippen LogP contribution in [-0.2, 0) is 0 Å². The molecule has 0 heterocycles. The van der Waals surface area contributed by atoms with E-state index in [4.69, 9.17) is 0 Å². The molecule has 3 heteroatoms. The van der Waals surface area contributed by atoms with Gasteiger partial charge in [-0.1, -0.05) is 87.3 Å². The first kappa shape index (κ1) is 23.6. The van der Waals surface area contributed by atoms with E-state index in [0.717, 1.165) is 0 Å². The zero-order valence-electron chi connectivity index (χ0n) is 18.4. The number of rotatable bonds is 10. The van der Waals surface area contributed by atoms with Crippen molar-refractivity contribution in [3.05, 3.63) is 0 Å². The molecule has 0 nitrogen and oxygen atoms in total. The molecule has 0 saturated heterocycles. The van der Waals surface area contributed by atoms with E-state index in [1.54, 1.807) is 0 Å². The van der Waals surface area contributed by atoms with Gasteiger partial charge in [-0.05, 0) is 41.7 Å². The monoisotopic (exact) mass is 338 g/mol. The molecule has 1 unspecified atom stereocenters. The molecular weight excluding hydrogens is 293 g/mol. The maximum atomic E-state index is 2.50. The smallest absolute Gasteiger partial charge is 0.0938 e. The van der Waals surface area contributed by atoms with Gasteiger partial charge in [-0.25, -0.2) is 0 Å². The predicted molar refractivity (Wildman–Crippen MR) is 118 cm³/mol. The second kappa shape index (κ2) is 8.78. The normalized spacial score (nSPS) is 15.4. The van der Waals surface area contributed by atoms with Crippen LogP contribution in [0.25, 0.3) is 0 Å². The summed E-state index contributed by atoms with van der Waals surface area (Å²) < 4.78 is 0. The Morgan fingerprint density at radius 3 is 1.74 bits per heavy atom. The van der Waals surface area contributed by atoms with Crippen LogP contribution in [-0.4, -0.2) is 33.3 Å². The zero-order chi connectivity index (χ0) is 18.5. The van der Waals surface area contributed by atoms with Crippen molar-refractivity contribution in [2.24, 2.45) is 16.2 Å². The first-order chi connectivity index (χ1) is 10.1. The standard InChI is InChI=1S/C20H45B2P/c1-12-23(11)16-19(7,8)14-18(5,6)15-21-22-20(9,10)13-17(2,3)4/h21-22H,12-16H2,1-11H3. The van der Waals surface area contributed by atoms with Crippen LogP contribution in [0, 0.1) is 16.2 Å². The first-order valence-electron chi connectivity index (χ1n) is 9.76. The molecule has 0 amide bonds. The van der Waals surface area contributed by atoms with Crippen molar-refractivity contribution in [2.75, 3.05) is 19.0 Å². The molecular formula is C20H45B2P. The third-order valence-electron chi connectivity index (χ3n) is 4.91. The topological polar surface area (TPSA) is 0 Å². The fraction of sp³-hybridized carbons (Fsp3) is 1.00. The van der Waals surface area contributed by atoms with E-state index < -0.39 is 0 Å². The summed E-state index contributed by atoms with van der Waals surface area (Å²) in [4.78, 5) is 0.